The van der Waals surface area contributed by atoms with Gasteiger partial charge in [0.1, 0.15) is 0 Å². The third-order valence-electron chi connectivity index (χ3n) is 7.23. The van der Waals surface area contributed by atoms with E-state index in [0.717, 1.165) is 0 Å². The molecule has 2 aromatic carbocycles. The summed E-state index contributed by atoms with van der Waals surface area (Å²) in [6.45, 7) is 16.8. The third-order valence-corrected chi connectivity index (χ3v) is 14.5. The van der Waals surface area contributed by atoms with Crippen LogP contribution in [-0.4, -0.2) is 0 Å². The molecule has 0 unspecified atom stereocenters. The Hall–Kier alpha value is -1.21. The summed E-state index contributed by atoms with van der Waals surface area (Å²) in [6.07, 6.45) is 2.44. The first kappa shape index (κ1) is 20.1. The van der Waals surface area contributed by atoms with Crippen LogP contribution >= 0.6 is 0 Å². The van der Waals surface area contributed by atoms with Gasteiger partial charge in [-0.05, 0) is 0 Å². The van der Waals surface area contributed by atoms with E-state index in [0.29, 0.717) is 9.09 Å². The number of allylic oxidation sites excluding steroid dienone is 6. The van der Waals surface area contributed by atoms with Crippen LogP contribution in [0.2, 0.25) is 3.17 Å². The first-order chi connectivity index (χ1) is 13.2. The van der Waals surface area contributed by atoms with Crippen molar-refractivity contribution < 1.29 is 22.9 Å². The van der Waals surface area contributed by atoms with Crippen molar-refractivity contribution in [3.8, 4) is 0 Å². The van der Waals surface area contributed by atoms with Crippen LogP contribution < -0.4 is 0 Å². The van der Waals surface area contributed by atoms with Gasteiger partial charge in [-0.15, -0.1) is 0 Å². The molecule has 0 heterocycles. The summed E-state index contributed by atoms with van der Waals surface area (Å²) < 4.78 is 2.23. The molecule has 0 radical (unpaired) electrons. The van der Waals surface area contributed by atoms with E-state index in [1.807, 2.05) is 3.33 Å². The molecule has 2 aromatic rings. The minimum absolute atomic E-state index is 0.368. The predicted octanol–water partition coefficient (Wildman–Crippen LogP) is 8.10. The second-order valence-electron chi connectivity index (χ2n) is 9.34. The fraction of sp³-hybridized carbons (Fsp3) is 0.407. The second-order valence-corrected chi connectivity index (χ2v) is 16.0. The van der Waals surface area contributed by atoms with Crippen molar-refractivity contribution in [2.45, 2.75) is 64.5 Å². The Morgan fingerprint density at radius 3 is 2.07 bits per heavy atom. The maximum atomic E-state index is 2.56. The molecule has 0 atom stereocenters. The van der Waals surface area contributed by atoms with E-state index in [2.05, 4.69) is 84.9 Å². The van der Waals surface area contributed by atoms with E-state index in [1.54, 1.807) is 39.0 Å². The Labute approximate surface area is 182 Å². The summed E-state index contributed by atoms with van der Waals surface area (Å²) >= 11 is -1.08. The minimum atomic E-state index is -1.08. The molecule has 0 spiro atoms. The van der Waals surface area contributed by atoms with Crippen LogP contribution in [0.3, 0.4) is 0 Å². The Kier molecular flexibility index (Phi) is 5.19. The first-order valence-corrected chi connectivity index (χ1v) is 14.2. The van der Waals surface area contributed by atoms with Crippen molar-refractivity contribution in [2.24, 2.45) is 5.92 Å². The Bertz CT molecular complexity index is 1030. The van der Waals surface area contributed by atoms with Gasteiger partial charge in [0.2, 0.25) is 0 Å². The molecule has 0 bridgehead atoms. The van der Waals surface area contributed by atoms with Gasteiger partial charge in [0, 0.05) is 0 Å². The summed E-state index contributed by atoms with van der Waals surface area (Å²) in [7, 11) is 0. The quantitative estimate of drug-likeness (QED) is 0.348. The standard InChI is InChI=1S/C17H17.C10H15.Hf/c1-12(2)9-15-7-8-16-10-13-5-3-4-6-14(13)11-17(15)16;1-6-7(2)9(4)10(5)8(6)3;/h3-6,10-12H,8-9H2,1-2H3;1-5H3;. The van der Waals surface area contributed by atoms with Crippen LogP contribution in [-0.2, 0) is 29.3 Å². The molecule has 144 valence electrons. The van der Waals surface area contributed by atoms with E-state index in [1.165, 1.54) is 23.6 Å². The van der Waals surface area contributed by atoms with Crippen molar-refractivity contribution in [3.05, 3.63) is 73.1 Å². The summed E-state index contributed by atoms with van der Waals surface area (Å²) in [5, 5.41) is 2.79. The van der Waals surface area contributed by atoms with E-state index >= 15 is 0 Å². The zero-order valence-corrected chi connectivity index (χ0v) is 22.0. The average molecular weight is 535 g/mol. The van der Waals surface area contributed by atoms with E-state index in [-0.39, 0.29) is 0 Å². The van der Waals surface area contributed by atoms with Gasteiger partial charge >= 0.3 is 183 Å². The molecular formula is C27H32Hf. The molecule has 2 aliphatic rings. The number of rotatable bonds is 4. The fourth-order valence-electron chi connectivity index (χ4n) is 5.02. The van der Waals surface area contributed by atoms with Gasteiger partial charge in [0.05, 0.1) is 0 Å². The first-order valence-electron chi connectivity index (χ1n) is 10.6. The van der Waals surface area contributed by atoms with Gasteiger partial charge in [0.15, 0.2) is 0 Å². The van der Waals surface area contributed by atoms with Crippen molar-refractivity contribution >= 4 is 16.3 Å². The molecule has 0 saturated heterocycles. The van der Waals surface area contributed by atoms with Crippen molar-refractivity contribution in [1.82, 2.24) is 0 Å². The molecule has 0 amide bonds. The molecule has 0 fully saturated rings. The van der Waals surface area contributed by atoms with Gasteiger partial charge in [-0.2, -0.15) is 0 Å². The fourth-order valence-corrected chi connectivity index (χ4v) is 12.3. The molecular weight excluding hydrogens is 503 g/mol. The summed E-state index contributed by atoms with van der Waals surface area (Å²) in [4.78, 5) is 0. The molecule has 1 heteroatoms. The van der Waals surface area contributed by atoms with Crippen molar-refractivity contribution in [3.63, 3.8) is 0 Å². The summed E-state index contributed by atoms with van der Waals surface area (Å²) in [5.74, 6) is 0.708. The molecule has 28 heavy (non-hydrogen) atoms. The van der Waals surface area contributed by atoms with Crippen LogP contribution in [0.4, 0.5) is 0 Å². The SMILES string of the molecule is CC1=C(C)[C](C)([Hf][C]2=C(CC(C)C)c3cc4ccccc4cc3C2)C(C)=C1C. The van der Waals surface area contributed by atoms with Gasteiger partial charge in [0.25, 0.3) is 0 Å². The molecule has 4 rings (SSSR count). The van der Waals surface area contributed by atoms with Crippen LogP contribution in [0.1, 0.15) is 66.0 Å². The van der Waals surface area contributed by atoms with Gasteiger partial charge < -0.3 is 0 Å². The van der Waals surface area contributed by atoms with Crippen molar-refractivity contribution in [2.75, 3.05) is 0 Å². The normalized spacial score (nSPS) is 18.7. The Balaban J connectivity index is 1.81. The van der Waals surface area contributed by atoms with Crippen LogP contribution in [0.5, 0.6) is 0 Å². The average Bonchev–Trinajstić information content (AvgIpc) is 3.04. The Morgan fingerprint density at radius 2 is 1.50 bits per heavy atom. The summed E-state index contributed by atoms with van der Waals surface area (Å²) in [5.41, 5.74) is 11.3. The molecule has 0 nitrogen and oxygen atoms in total. The summed E-state index contributed by atoms with van der Waals surface area (Å²) in [6, 6.07) is 13.8. The van der Waals surface area contributed by atoms with E-state index in [9.17, 15) is 0 Å². The monoisotopic (exact) mass is 536 g/mol. The van der Waals surface area contributed by atoms with Gasteiger partial charge in [-0.25, -0.2) is 0 Å². The zero-order chi connectivity index (χ0) is 20.2. The maximum absolute atomic E-state index is 2.56. The zero-order valence-electron chi connectivity index (χ0n) is 18.5. The molecule has 2 aliphatic carbocycles. The van der Waals surface area contributed by atoms with Crippen LogP contribution in [0, 0.1) is 5.92 Å². The molecule has 0 aromatic heterocycles. The third kappa shape index (κ3) is 3.15. The molecule has 0 aliphatic heterocycles. The molecule has 0 saturated carbocycles. The number of benzene rings is 2. The predicted molar refractivity (Wildman–Crippen MR) is 119 cm³/mol. The van der Waals surface area contributed by atoms with Crippen LogP contribution in [0.25, 0.3) is 16.3 Å². The second kappa shape index (κ2) is 7.24. The van der Waals surface area contributed by atoms with Crippen LogP contribution in [0.15, 0.2) is 62.0 Å². The van der Waals surface area contributed by atoms with E-state index < -0.39 is 22.9 Å². The number of fused-ring (bicyclic) bond motifs is 2. The molecule has 0 N–H and O–H groups in total. The topological polar surface area (TPSA) is 0 Å². The van der Waals surface area contributed by atoms with E-state index in [4.69, 9.17) is 0 Å². The van der Waals surface area contributed by atoms with Gasteiger partial charge in [-0.1, -0.05) is 0 Å². The van der Waals surface area contributed by atoms with Crippen molar-refractivity contribution in [1.29, 1.82) is 0 Å². The number of hydrogen-bond acceptors (Lipinski definition) is 0. The Morgan fingerprint density at radius 1 is 0.929 bits per heavy atom. The van der Waals surface area contributed by atoms with Gasteiger partial charge in [-0.3, -0.25) is 0 Å². The number of hydrogen-bond donors (Lipinski definition) is 0.